The Labute approximate surface area is 154 Å². The molecule has 0 amide bonds. The molecular formula is C21H24N4O. The average molecular weight is 348 g/mol. The fraction of sp³-hybridized carbons (Fsp3) is 0.238. The summed E-state index contributed by atoms with van der Waals surface area (Å²) in [6.45, 7) is 7.96. The minimum atomic E-state index is 0.101. The lowest BCUT2D eigenvalue weighted by Gasteiger charge is -2.16. The minimum Gasteiger partial charge on any atom is -0.489 e. The van der Waals surface area contributed by atoms with Gasteiger partial charge >= 0.3 is 0 Å². The first-order valence-electron chi connectivity index (χ1n) is 8.72. The fourth-order valence-corrected chi connectivity index (χ4v) is 2.63. The molecule has 2 N–H and O–H groups in total. The molecule has 5 heteroatoms. The molecule has 3 rings (SSSR count). The number of ether oxygens (including phenoxy) is 1. The number of nitrogens with zero attached hydrogens (tertiary/aromatic N) is 2. The monoisotopic (exact) mass is 348 g/mol. The van der Waals surface area contributed by atoms with Gasteiger partial charge in [-0.1, -0.05) is 24.3 Å². The predicted octanol–water partition coefficient (Wildman–Crippen LogP) is 5.37. The Balaban J connectivity index is 1.84. The van der Waals surface area contributed by atoms with E-state index in [-0.39, 0.29) is 6.10 Å². The highest BCUT2D eigenvalue weighted by molar-refractivity contribution is 5.67. The molecule has 0 bridgehead atoms. The summed E-state index contributed by atoms with van der Waals surface area (Å²) in [5.41, 5.74) is 3.07. The maximum absolute atomic E-state index is 5.87. The number of aryl methyl sites for hydroxylation is 2. The maximum atomic E-state index is 5.87. The number of hydrogen-bond donors (Lipinski definition) is 2. The molecule has 0 saturated carbocycles. The Morgan fingerprint density at radius 2 is 1.58 bits per heavy atom. The molecule has 0 aliphatic carbocycles. The van der Waals surface area contributed by atoms with E-state index in [1.165, 1.54) is 5.56 Å². The highest BCUT2D eigenvalue weighted by Crippen LogP contribution is 2.28. The van der Waals surface area contributed by atoms with Gasteiger partial charge in [0.05, 0.1) is 11.8 Å². The van der Waals surface area contributed by atoms with Crippen LogP contribution in [0.25, 0.3) is 0 Å². The Morgan fingerprint density at radius 3 is 2.31 bits per heavy atom. The van der Waals surface area contributed by atoms with Crippen LogP contribution in [0.5, 0.6) is 5.75 Å². The van der Waals surface area contributed by atoms with Gasteiger partial charge in [0.25, 0.3) is 0 Å². The third-order valence-corrected chi connectivity index (χ3v) is 3.64. The Kier molecular flexibility index (Phi) is 5.37. The van der Waals surface area contributed by atoms with Gasteiger partial charge in [-0.05, 0) is 57.5 Å². The van der Waals surface area contributed by atoms with E-state index in [9.17, 15) is 0 Å². The highest BCUT2D eigenvalue weighted by Gasteiger charge is 2.08. The van der Waals surface area contributed by atoms with Crippen LogP contribution in [0.15, 0.2) is 54.6 Å². The average Bonchev–Trinajstić information content (AvgIpc) is 2.56. The first kappa shape index (κ1) is 17.7. The van der Waals surface area contributed by atoms with Crippen molar-refractivity contribution in [3.8, 4) is 5.75 Å². The van der Waals surface area contributed by atoms with E-state index in [1.54, 1.807) is 0 Å². The first-order valence-corrected chi connectivity index (χ1v) is 8.72. The second-order valence-corrected chi connectivity index (χ2v) is 6.47. The SMILES string of the molecule is Cc1cccc(Nc2cc(Nc3ccccc3OC(C)C)nc(C)n2)c1. The summed E-state index contributed by atoms with van der Waals surface area (Å²) < 4.78 is 5.87. The number of anilines is 4. The van der Waals surface area contributed by atoms with Gasteiger partial charge in [-0.3, -0.25) is 0 Å². The zero-order chi connectivity index (χ0) is 18.5. The largest absolute Gasteiger partial charge is 0.489 e. The zero-order valence-corrected chi connectivity index (χ0v) is 15.6. The fourth-order valence-electron chi connectivity index (χ4n) is 2.63. The van der Waals surface area contributed by atoms with Crippen molar-refractivity contribution >= 4 is 23.0 Å². The summed E-state index contributed by atoms with van der Waals surface area (Å²) in [4.78, 5) is 8.97. The van der Waals surface area contributed by atoms with Crippen molar-refractivity contribution in [3.63, 3.8) is 0 Å². The molecule has 3 aromatic rings. The summed E-state index contributed by atoms with van der Waals surface area (Å²) in [7, 11) is 0. The summed E-state index contributed by atoms with van der Waals surface area (Å²) in [5.74, 6) is 2.94. The normalized spacial score (nSPS) is 10.7. The molecule has 0 aliphatic heterocycles. The van der Waals surface area contributed by atoms with E-state index in [0.717, 1.165) is 22.9 Å². The third-order valence-electron chi connectivity index (χ3n) is 3.64. The summed E-state index contributed by atoms with van der Waals surface area (Å²) in [6.07, 6.45) is 0.101. The van der Waals surface area contributed by atoms with E-state index < -0.39 is 0 Å². The Morgan fingerprint density at radius 1 is 0.846 bits per heavy atom. The smallest absolute Gasteiger partial charge is 0.143 e. The van der Waals surface area contributed by atoms with Gasteiger partial charge in [0.2, 0.25) is 0 Å². The molecule has 0 aliphatic rings. The Hall–Kier alpha value is -3.08. The molecule has 26 heavy (non-hydrogen) atoms. The molecule has 5 nitrogen and oxygen atoms in total. The van der Waals surface area contributed by atoms with Gasteiger partial charge in [-0.2, -0.15) is 0 Å². The maximum Gasteiger partial charge on any atom is 0.143 e. The number of para-hydroxylation sites is 2. The molecule has 2 aromatic carbocycles. The molecule has 1 heterocycles. The lowest BCUT2D eigenvalue weighted by molar-refractivity contribution is 0.244. The van der Waals surface area contributed by atoms with Crippen molar-refractivity contribution in [1.82, 2.24) is 9.97 Å². The van der Waals surface area contributed by atoms with E-state index in [0.29, 0.717) is 11.6 Å². The Bertz CT molecular complexity index is 893. The van der Waals surface area contributed by atoms with Gasteiger partial charge in [-0.15, -0.1) is 0 Å². The number of aromatic nitrogens is 2. The number of benzene rings is 2. The van der Waals surface area contributed by atoms with Crippen molar-refractivity contribution in [3.05, 3.63) is 66.0 Å². The lowest BCUT2D eigenvalue weighted by atomic mass is 10.2. The summed E-state index contributed by atoms with van der Waals surface area (Å²) in [6, 6.07) is 17.9. The van der Waals surface area contributed by atoms with Crippen molar-refractivity contribution in [2.75, 3.05) is 10.6 Å². The molecule has 0 atom stereocenters. The number of rotatable bonds is 6. The molecule has 0 saturated heterocycles. The van der Waals surface area contributed by atoms with Crippen molar-refractivity contribution in [2.24, 2.45) is 0 Å². The van der Waals surface area contributed by atoms with Gasteiger partial charge in [0.15, 0.2) is 0 Å². The first-order chi connectivity index (χ1) is 12.5. The van der Waals surface area contributed by atoms with E-state index in [4.69, 9.17) is 4.74 Å². The second kappa shape index (κ2) is 7.87. The lowest BCUT2D eigenvalue weighted by Crippen LogP contribution is -2.08. The van der Waals surface area contributed by atoms with Crippen LogP contribution in [0.4, 0.5) is 23.0 Å². The summed E-state index contributed by atoms with van der Waals surface area (Å²) in [5, 5.41) is 6.68. The van der Waals surface area contributed by atoms with E-state index in [2.05, 4.69) is 39.7 Å². The molecule has 1 aromatic heterocycles. The van der Waals surface area contributed by atoms with Crippen molar-refractivity contribution in [2.45, 2.75) is 33.8 Å². The van der Waals surface area contributed by atoms with Gasteiger partial charge in [0.1, 0.15) is 23.2 Å². The van der Waals surface area contributed by atoms with E-state index >= 15 is 0 Å². The molecule has 0 fully saturated rings. The summed E-state index contributed by atoms with van der Waals surface area (Å²) >= 11 is 0. The topological polar surface area (TPSA) is 59.1 Å². The highest BCUT2D eigenvalue weighted by atomic mass is 16.5. The van der Waals surface area contributed by atoms with Gasteiger partial charge in [-0.25, -0.2) is 9.97 Å². The predicted molar refractivity (Wildman–Crippen MR) is 107 cm³/mol. The standard InChI is InChI=1S/C21H24N4O/c1-14(2)26-19-11-6-5-10-18(19)25-21-13-20(22-16(4)23-21)24-17-9-7-8-15(3)12-17/h5-14H,1-4H3,(H2,22,23,24,25). The van der Waals surface area contributed by atoms with E-state index in [1.807, 2.05) is 63.2 Å². The van der Waals surface area contributed by atoms with Crippen molar-refractivity contribution < 1.29 is 4.74 Å². The zero-order valence-electron chi connectivity index (χ0n) is 15.6. The quantitative estimate of drug-likeness (QED) is 0.627. The number of nitrogens with one attached hydrogen (secondary N) is 2. The van der Waals surface area contributed by atoms with Crippen LogP contribution in [0, 0.1) is 13.8 Å². The van der Waals surface area contributed by atoms with Crippen LogP contribution in [0.2, 0.25) is 0 Å². The van der Waals surface area contributed by atoms with Crippen LogP contribution < -0.4 is 15.4 Å². The number of hydrogen-bond acceptors (Lipinski definition) is 5. The van der Waals surface area contributed by atoms with Crippen molar-refractivity contribution in [1.29, 1.82) is 0 Å². The van der Waals surface area contributed by atoms with Crippen LogP contribution in [-0.4, -0.2) is 16.1 Å². The van der Waals surface area contributed by atoms with Crippen LogP contribution in [0.1, 0.15) is 25.2 Å². The van der Waals surface area contributed by atoms with Gasteiger partial charge < -0.3 is 15.4 Å². The third kappa shape index (κ3) is 4.72. The molecular weight excluding hydrogens is 324 g/mol. The van der Waals surface area contributed by atoms with Crippen LogP contribution in [-0.2, 0) is 0 Å². The molecule has 0 unspecified atom stereocenters. The molecule has 134 valence electrons. The minimum absolute atomic E-state index is 0.101. The molecule has 0 spiro atoms. The van der Waals surface area contributed by atoms with Crippen LogP contribution in [0.3, 0.4) is 0 Å². The second-order valence-electron chi connectivity index (χ2n) is 6.47. The molecule has 0 radical (unpaired) electrons. The van der Waals surface area contributed by atoms with Crippen LogP contribution >= 0.6 is 0 Å². The van der Waals surface area contributed by atoms with Gasteiger partial charge in [0, 0.05) is 11.8 Å².